The quantitative estimate of drug-likeness (QED) is 0.520. The Morgan fingerprint density at radius 1 is 1.07 bits per heavy atom. The van der Waals surface area contributed by atoms with Gasteiger partial charge in [0.25, 0.3) is 0 Å². The van der Waals surface area contributed by atoms with Crippen molar-refractivity contribution in [3.05, 3.63) is 77.3 Å². The molecule has 0 amide bonds. The van der Waals surface area contributed by atoms with Crippen molar-refractivity contribution >= 4 is 50.1 Å². The highest BCUT2D eigenvalue weighted by molar-refractivity contribution is 7.98. The summed E-state index contributed by atoms with van der Waals surface area (Å²) in [6.45, 7) is 0. The SMILES string of the molecule is COC(=O)C(CSCc1ccccc1)NS(=O)(=O)c1cccc2cccc(Cl)c12. The highest BCUT2D eigenvalue weighted by atomic mass is 35.5. The second-order valence-electron chi connectivity index (χ2n) is 6.29. The number of fused-ring (bicyclic) bond motifs is 1. The molecule has 3 rings (SSSR count). The number of carbonyl (C=O) groups is 1. The Morgan fingerprint density at radius 2 is 1.76 bits per heavy atom. The fourth-order valence-electron chi connectivity index (χ4n) is 2.90. The first-order valence-corrected chi connectivity index (χ1v) is 11.8. The molecule has 0 spiro atoms. The highest BCUT2D eigenvalue weighted by Gasteiger charge is 2.28. The summed E-state index contributed by atoms with van der Waals surface area (Å²) in [6.07, 6.45) is 0. The normalized spacial score (nSPS) is 12.6. The minimum absolute atomic E-state index is 0.0302. The number of halogens is 1. The maximum atomic E-state index is 13.1. The molecule has 152 valence electrons. The Morgan fingerprint density at radius 3 is 2.45 bits per heavy atom. The van der Waals surface area contributed by atoms with Gasteiger partial charge in [0.2, 0.25) is 10.0 Å². The van der Waals surface area contributed by atoms with Crippen LogP contribution in [0.2, 0.25) is 5.02 Å². The van der Waals surface area contributed by atoms with E-state index in [1.54, 1.807) is 30.3 Å². The van der Waals surface area contributed by atoms with Gasteiger partial charge in [-0.1, -0.05) is 66.2 Å². The first kappa shape index (κ1) is 21.6. The fraction of sp³-hybridized carbons (Fsp3) is 0.190. The zero-order valence-electron chi connectivity index (χ0n) is 15.7. The molecular formula is C21H20ClNO4S2. The lowest BCUT2D eigenvalue weighted by molar-refractivity contribution is -0.141. The van der Waals surface area contributed by atoms with Gasteiger partial charge in [-0.25, -0.2) is 8.42 Å². The van der Waals surface area contributed by atoms with E-state index >= 15 is 0 Å². The maximum Gasteiger partial charge on any atom is 0.324 e. The molecule has 29 heavy (non-hydrogen) atoms. The number of ether oxygens (including phenoxy) is 1. The topological polar surface area (TPSA) is 72.5 Å². The van der Waals surface area contributed by atoms with Gasteiger partial charge >= 0.3 is 5.97 Å². The van der Waals surface area contributed by atoms with Crippen molar-refractivity contribution in [1.82, 2.24) is 4.72 Å². The van der Waals surface area contributed by atoms with E-state index < -0.39 is 22.0 Å². The average Bonchev–Trinajstić information content (AvgIpc) is 2.73. The van der Waals surface area contributed by atoms with Crippen LogP contribution in [0.3, 0.4) is 0 Å². The Balaban J connectivity index is 1.82. The third kappa shape index (κ3) is 5.30. The first-order chi connectivity index (χ1) is 13.9. The van der Waals surface area contributed by atoms with E-state index in [4.69, 9.17) is 16.3 Å². The predicted octanol–water partition coefficient (Wildman–Crippen LogP) is 4.25. The summed E-state index contributed by atoms with van der Waals surface area (Å²) in [5.74, 6) is 0.246. The van der Waals surface area contributed by atoms with Crippen LogP contribution < -0.4 is 4.72 Å². The molecule has 8 heteroatoms. The molecule has 0 bridgehead atoms. The first-order valence-electron chi connectivity index (χ1n) is 8.81. The van der Waals surface area contributed by atoms with E-state index in [-0.39, 0.29) is 10.6 Å². The molecule has 0 heterocycles. The predicted molar refractivity (Wildman–Crippen MR) is 118 cm³/mol. The number of esters is 1. The molecule has 0 fully saturated rings. The zero-order valence-corrected chi connectivity index (χ0v) is 18.1. The summed E-state index contributed by atoms with van der Waals surface area (Å²) in [5, 5.41) is 1.45. The molecule has 0 aromatic heterocycles. The fourth-order valence-corrected chi connectivity index (χ4v) is 5.78. The highest BCUT2D eigenvalue weighted by Crippen LogP contribution is 2.30. The van der Waals surface area contributed by atoms with Crippen molar-refractivity contribution in [3.63, 3.8) is 0 Å². The number of carbonyl (C=O) groups excluding carboxylic acids is 1. The van der Waals surface area contributed by atoms with Gasteiger partial charge in [0.05, 0.1) is 12.0 Å². The van der Waals surface area contributed by atoms with E-state index in [9.17, 15) is 13.2 Å². The number of thioether (sulfide) groups is 1. The number of hydrogen-bond donors (Lipinski definition) is 1. The molecule has 3 aromatic rings. The van der Waals surface area contributed by atoms with Crippen LogP contribution in [0.5, 0.6) is 0 Å². The van der Waals surface area contributed by atoms with Crippen LogP contribution in [0.25, 0.3) is 10.8 Å². The molecular weight excluding hydrogens is 430 g/mol. The summed E-state index contributed by atoms with van der Waals surface area (Å²) in [5.41, 5.74) is 1.09. The number of rotatable bonds is 8. The summed E-state index contributed by atoms with van der Waals surface area (Å²) in [4.78, 5) is 12.2. The van der Waals surface area contributed by atoms with Crippen molar-refractivity contribution in [1.29, 1.82) is 0 Å². The number of hydrogen-bond acceptors (Lipinski definition) is 5. The van der Waals surface area contributed by atoms with Crippen LogP contribution in [0.15, 0.2) is 71.6 Å². The molecule has 0 saturated heterocycles. The molecule has 1 unspecified atom stereocenters. The van der Waals surface area contributed by atoms with Crippen molar-refractivity contribution < 1.29 is 17.9 Å². The Labute approximate surface area is 179 Å². The van der Waals surface area contributed by atoms with E-state index in [2.05, 4.69) is 4.72 Å². The van der Waals surface area contributed by atoms with Crippen molar-refractivity contribution in [2.75, 3.05) is 12.9 Å². The molecule has 0 aliphatic carbocycles. The molecule has 0 aliphatic heterocycles. The molecule has 3 aromatic carbocycles. The Kier molecular flexibility index (Phi) is 7.18. The second-order valence-corrected chi connectivity index (χ2v) is 9.41. The van der Waals surface area contributed by atoms with Gasteiger partial charge in [-0.2, -0.15) is 16.5 Å². The Hall–Kier alpha value is -2.06. The van der Waals surface area contributed by atoms with Crippen LogP contribution in [-0.4, -0.2) is 33.3 Å². The van der Waals surface area contributed by atoms with Gasteiger partial charge in [0.1, 0.15) is 6.04 Å². The third-order valence-electron chi connectivity index (χ3n) is 4.28. The summed E-state index contributed by atoms with van der Waals surface area (Å²) in [7, 11) is -2.77. The van der Waals surface area contributed by atoms with Crippen molar-refractivity contribution in [2.45, 2.75) is 16.7 Å². The zero-order chi connectivity index (χ0) is 20.9. The lowest BCUT2D eigenvalue weighted by atomic mass is 10.1. The number of sulfonamides is 1. The number of benzene rings is 3. The largest absolute Gasteiger partial charge is 0.468 e. The maximum absolute atomic E-state index is 13.1. The molecule has 0 saturated carbocycles. The van der Waals surface area contributed by atoms with Gasteiger partial charge in [0.15, 0.2) is 0 Å². The van der Waals surface area contributed by atoms with Crippen molar-refractivity contribution in [3.8, 4) is 0 Å². The Bertz CT molecular complexity index is 1100. The second kappa shape index (κ2) is 9.63. The van der Waals surface area contributed by atoms with Gasteiger partial charge in [-0.3, -0.25) is 4.79 Å². The van der Waals surface area contributed by atoms with Crippen LogP contribution in [0.4, 0.5) is 0 Å². The molecule has 5 nitrogen and oxygen atoms in total. The van der Waals surface area contributed by atoms with E-state index in [1.165, 1.54) is 24.9 Å². The lowest BCUT2D eigenvalue weighted by Gasteiger charge is -2.17. The summed E-state index contributed by atoms with van der Waals surface area (Å²) >= 11 is 7.71. The number of methoxy groups -OCH3 is 1. The lowest BCUT2D eigenvalue weighted by Crippen LogP contribution is -2.43. The van der Waals surface area contributed by atoms with E-state index in [1.807, 2.05) is 30.3 Å². The molecule has 0 radical (unpaired) electrons. The average molecular weight is 450 g/mol. The summed E-state index contributed by atoms with van der Waals surface area (Å²) < 4.78 is 33.4. The minimum Gasteiger partial charge on any atom is -0.468 e. The van der Waals surface area contributed by atoms with Gasteiger partial charge < -0.3 is 4.74 Å². The minimum atomic E-state index is -4.01. The van der Waals surface area contributed by atoms with E-state index in [0.717, 1.165) is 5.56 Å². The molecule has 1 atom stereocenters. The van der Waals surface area contributed by atoms with Gasteiger partial charge in [-0.15, -0.1) is 0 Å². The van der Waals surface area contributed by atoms with Crippen LogP contribution >= 0.6 is 23.4 Å². The summed E-state index contributed by atoms with van der Waals surface area (Å²) in [6, 6.07) is 18.8. The van der Waals surface area contributed by atoms with E-state index in [0.29, 0.717) is 21.5 Å². The smallest absolute Gasteiger partial charge is 0.324 e. The van der Waals surface area contributed by atoms with Crippen LogP contribution in [-0.2, 0) is 25.3 Å². The van der Waals surface area contributed by atoms with Gasteiger partial charge in [0, 0.05) is 21.9 Å². The number of nitrogens with one attached hydrogen (secondary N) is 1. The van der Waals surface area contributed by atoms with Crippen molar-refractivity contribution in [2.24, 2.45) is 0 Å². The third-order valence-corrected chi connectivity index (χ3v) is 7.22. The van der Waals surface area contributed by atoms with Crippen LogP contribution in [0, 0.1) is 0 Å². The van der Waals surface area contributed by atoms with Crippen LogP contribution in [0.1, 0.15) is 5.56 Å². The monoisotopic (exact) mass is 449 g/mol. The molecule has 0 aliphatic rings. The molecule has 1 N–H and O–H groups in total. The standard InChI is InChI=1S/C21H20ClNO4S2/c1-27-21(24)18(14-28-13-15-7-3-2-4-8-15)23-29(25,26)19-12-6-10-16-9-5-11-17(22)20(16)19/h2-12,18,23H,13-14H2,1H3. The van der Waals surface area contributed by atoms with Gasteiger partial charge in [-0.05, 0) is 23.1 Å².